The number of benzene rings is 1. The van der Waals surface area contributed by atoms with E-state index in [0.29, 0.717) is 17.3 Å². The number of aromatic nitrogens is 2. The van der Waals surface area contributed by atoms with Crippen LogP contribution < -0.4 is 4.74 Å². The third kappa shape index (κ3) is 5.63. The maximum absolute atomic E-state index is 13.7. The Morgan fingerprint density at radius 2 is 2.13 bits per heavy atom. The lowest BCUT2D eigenvalue weighted by Crippen LogP contribution is -2.30. The van der Waals surface area contributed by atoms with Crippen molar-refractivity contribution < 1.29 is 28.0 Å². The number of carbonyl (C=O) groups excluding carboxylic acids is 2. The summed E-state index contributed by atoms with van der Waals surface area (Å²) >= 11 is 1.48. The van der Waals surface area contributed by atoms with Gasteiger partial charge in [-0.15, -0.1) is 11.3 Å². The fourth-order valence-electron chi connectivity index (χ4n) is 2.57. The number of amides is 1. The monoisotopic (exact) mass is 433 g/mol. The van der Waals surface area contributed by atoms with Crippen molar-refractivity contribution in [3.05, 3.63) is 53.0 Å². The molecule has 0 aliphatic carbocycles. The Balaban J connectivity index is 1.41. The van der Waals surface area contributed by atoms with Gasteiger partial charge in [0.25, 0.3) is 5.91 Å². The molecule has 2 aromatic heterocycles. The van der Waals surface area contributed by atoms with Crippen LogP contribution >= 0.6 is 11.3 Å². The molecular formula is C20H20FN3O5S. The lowest BCUT2D eigenvalue weighted by Gasteiger charge is -2.17. The van der Waals surface area contributed by atoms with E-state index in [1.807, 2.05) is 17.5 Å². The molecule has 0 fully saturated rings. The van der Waals surface area contributed by atoms with Crippen LogP contribution in [0, 0.1) is 5.82 Å². The van der Waals surface area contributed by atoms with Crippen LogP contribution in [0.4, 0.5) is 4.39 Å². The molecule has 30 heavy (non-hydrogen) atoms. The van der Waals surface area contributed by atoms with E-state index in [-0.39, 0.29) is 25.1 Å². The number of hydrogen-bond acceptors (Lipinski definition) is 8. The molecule has 0 aliphatic heterocycles. The number of thiophene rings is 1. The van der Waals surface area contributed by atoms with E-state index in [9.17, 15) is 14.0 Å². The van der Waals surface area contributed by atoms with E-state index < -0.39 is 24.3 Å². The fraction of sp³-hybridized carbons (Fsp3) is 0.300. The van der Waals surface area contributed by atoms with Gasteiger partial charge in [-0.05, 0) is 29.1 Å². The predicted molar refractivity (Wildman–Crippen MR) is 106 cm³/mol. The molecule has 158 valence electrons. The van der Waals surface area contributed by atoms with Crippen LogP contribution in [0.15, 0.2) is 40.2 Å². The summed E-state index contributed by atoms with van der Waals surface area (Å²) in [5.41, 5.74) is 0.591. The van der Waals surface area contributed by atoms with Crippen molar-refractivity contribution in [3.63, 3.8) is 0 Å². The molecule has 3 rings (SSSR count). The molecule has 0 saturated heterocycles. The van der Waals surface area contributed by atoms with E-state index >= 15 is 0 Å². The third-order valence-electron chi connectivity index (χ3n) is 4.17. The van der Waals surface area contributed by atoms with Gasteiger partial charge in [0.05, 0.1) is 18.4 Å². The second-order valence-electron chi connectivity index (χ2n) is 6.37. The number of halogens is 1. The minimum atomic E-state index is -0.553. The number of ether oxygens (including phenoxy) is 2. The molecule has 8 nitrogen and oxygen atoms in total. The molecule has 0 radical (unpaired) electrons. The number of aryl methyl sites for hydroxylation is 1. The van der Waals surface area contributed by atoms with Crippen LogP contribution in [-0.4, -0.2) is 47.7 Å². The van der Waals surface area contributed by atoms with E-state index in [0.717, 1.165) is 4.88 Å². The molecule has 0 atom stereocenters. The quantitative estimate of drug-likeness (QED) is 0.479. The minimum Gasteiger partial charge on any atom is -0.494 e. The van der Waals surface area contributed by atoms with E-state index in [2.05, 4.69) is 10.1 Å². The fourth-order valence-corrected chi connectivity index (χ4v) is 3.22. The summed E-state index contributed by atoms with van der Waals surface area (Å²) in [7, 11) is 2.92. The van der Waals surface area contributed by atoms with Crippen molar-refractivity contribution >= 4 is 23.2 Å². The molecule has 0 saturated carbocycles. The number of rotatable bonds is 9. The first-order valence-corrected chi connectivity index (χ1v) is 9.92. The van der Waals surface area contributed by atoms with Crippen molar-refractivity contribution in [1.82, 2.24) is 15.0 Å². The molecule has 0 bridgehead atoms. The van der Waals surface area contributed by atoms with Gasteiger partial charge in [0.1, 0.15) is 0 Å². The topological polar surface area (TPSA) is 94.8 Å². The molecule has 0 N–H and O–H groups in total. The zero-order valence-electron chi connectivity index (χ0n) is 16.5. The predicted octanol–water partition coefficient (Wildman–Crippen LogP) is 3.08. The van der Waals surface area contributed by atoms with Crippen LogP contribution in [0.1, 0.15) is 17.9 Å². The highest BCUT2D eigenvalue weighted by atomic mass is 32.1. The Kier molecular flexibility index (Phi) is 7.12. The van der Waals surface area contributed by atoms with Crippen LogP contribution in [0.5, 0.6) is 5.75 Å². The lowest BCUT2D eigenvalue weighted by molar-refractivity contribution is -0.151. The van der Waals surface area contributed by atoms with E-state index in [4.69, 9.17) is 14.0 Å². The third-order valence-corrected chi connectivity index (χ3v) is 5.04. The summed E-state index contributed by atoms with van der Waals surface area (Å²) < 4.78 is 28.7. The van der Waals surface area contributed by atoms with Crippen molar-refractivity contribution in [1.29, 1.82) is 0 Å². The number of carbonyl (C=O) groups is 2. The van der Waals surface area contributed by atoms with Gasteiger partial charge in [-0.2, -0.15) is 4.98 Å². The van der Waals surface area contributed by atoms with E-state index in [1.54, 1.807) is 13.1 Å². The van der Waals surface area contributed by atoms with Gasteiger partial charge in [0.2, 0.25) is 11.7 Å². The Hall–Kier alpha value is -3.27. The molecule has 1 amide bonds. The first kappa shape index (κ1) is 21.4. The van der Waals surface area contributed by atoms with Crippen molar-refractivity contribution in [2.24, 2.45) is 0 Å². The van der Waals surface area contributed by atoms with Crippen LogP contribution in [0.3, 0.4) is 0 Å². The molecule has 2 heterocycles. The van der Waals surface area contributed by atoms with Gasteiger partial charge in [-0.3, -0.25) is 9.59 Å². The van der Waals surface area contributed by atoms with Gasteiger partial charge >= 0.3 is 5.97 Å². The van der Waals surface area contributed by atoms with Gasteiger partial charge in [0, 0.05) is 20.0 Å². The maximum atomic E-state index is 13.7. The first-order valence-electron chi connectivity index (χ1n) is 9.04. The maximum Gasteiger partial charge on any atom is 0.306 e. The summed E-state index contributed by atoms with van der Waals surface area (Å²) in [5, 5.41) is 5.77. The van der Waals surface area contributed by atoms with Gasteiger partial charge in [0.15, 0.2) is 18.2 Å². The number of nitrogens with zero attached hydrogens (tertiary/aromatic N) is 3. The average molecular weight is 433 g/mol. The smallest absolute Gasteiger partial charge is 0.306 e. The Morgan fingerprint density at radius 3 is 2.83 bits per heavy atom. The summed E-state index contributed by atoms with van der Waals surface area (Å²) in [6, 6.07) is 8.20. The highest BCUT2D eigenvalue weighted by Crippen LogP contribution is 2.21. The molecule has 3 aromatic rings. The number of likely N-dealkylation sites (N-methyl/N-ethyl adjacent to an activating group) is 1. The van der Waals surface area contributed by atoms with Gasteiger partial charge in [-0.25, -0.2) is 4.39 Å². The number of hydrogen-bond donors (Lipinski definition) is 0. The molecule has 1 aromatic carbocycles. The van der Waals surface area contributed by atoms with E-state index in [1.165, 1.54) is 35.5 Å². The van der Waals surface area contributed by atoms with Crippen molar-refractivity contribution in [2.75, 3.05) is 20.8 Å². The summed E-state index contributed by atoms with van der Waals surface area (Å²) in [5.74, 6) is -0.545. The van der Waals surface area contributed by atoms with Crippen LogP contribution in [0.2, 0.25) is 0 Å². The molecule has 0 unspecified atom stereocenters. The van der Waals surface area contributed by atoms with Crippen LogP contribution in [-0.2, 0) is 27.3 Å². The molecular weight excluding hydrogens is 413 g/mol. The first-order chi connectivity index (χ1) is 14.5. The Bertz CT molecular complexity index is 1010. The molecule has 0 aliphatic rings. The minimum absolute atomic E-state index is 0.00671. The number of methoxy groups -OCH3 is 1. The lowest BCUT2D eigenvalue weighted by atomic mass is 10.2. The highest BCUT2D eigenvalue weighted by molar-refractivity contribution is 7.13. The van der Waals surface area contributed by atoms with Crippen molar-refractivity contribution in [2.45, 2.75) is 19.4 Å². The highest BCUT2D eigenvalue weighted by Gasteiger charge is 2.15. The summed E-state index contributed by atoms with van der Waals surface area (Å²) in [6.45, 7) is -0.233. The average Bonchev–Trinajstić information content (AvgIpc) is 3.42. The Morgan fingerprint density at radius 1 is 1.30 bits per heavy atom. The number of esters is 1. The second kappa shape index (κ2) is 9.97. The zero-order valence-corrected chi connectivity index (χ0v) is 17.3. The molecule has 10 heteroatoms. The second-order valence-corrected chi connectivity index (χ2v) is 7.32. The normalized spacial score (nSPS) is 10.6. The molecule has 0 spiro atoms. The van der Waals surface area contributed by atoms with Crippen LogP contribution in [0.25, 0.3) is 10.7 Å². The van der Waals surface area contributed by atoms with Crippen molar-refractivity contribution in [3.8, 4) is 16.5 Å². The zero-order chi connectivity index (χ0) is 21.5. The van der Waals surface area contributed by atoms with Gasteiger partial charge in [-0.1, -0.05) is 17.3 Å². The summed E-state index contributed by atoms with van der Waals surface area (Å²) in [6.07, 6.45) is 0.221. The van der Waals surface area contributed by atoms with Gasteiger partial charge < -0.3 is 18.9 Å². The standard InChI is InChI=1S/C20H20FN3O5S/c1-24(11-13-5-6-15(27-2)14(21)10-13)18(25)12-28-19(26)8-7-17-22-20(23-29-17)16-4-3-9-30-16/h3-6,9-10H,7-8,11-12H2,1-2H3. The SMILES string of the molecule is COc1ccc(CN(C)C(=O)COC(=O)CCc2nc(-c3cccs3)no2)cc1F. The largest absolute Gasteiger partial charge is 0.494 e. The Labute approximate surface area is 176 Å². The summed E-state index contributed by atoms with van der Waals surface area (Å²) in [4.78, 5) is 30.5.